The van der Waals surface area contributed by atoms with Crippen molar-refractivity contribution >= 4 is 10.8 Å². The molecule has 5 nitrogen and oxygen atoms in total. The van der Waals surface area contributed by atoms with Gasteiger partial charge in [-0.15, -0.1) is 10.2 Å². The van der Waals surface area contributed by atoms with Crippen molar-refractivity contribution < 1.29 is 4.39 Å². The van der Waals surface area contributed by atoms with Gasteiger partial charge in [-0.3, -0.25) is 0 Å². The van der Waals surface area contributed by atoms with Crippen molar-refractivity contribution in [2.45, 2.75) is 18.9 Å². The second kappa shape index (κ2) is 6.04. The Bertz CT molecular complexity index is 796. The van der Waals surface area contributed by atoms with E-state index in [1.807, 2.05) is 36.4 Å². The molecule has 3 aromatic rings. The van der Waals surface area contributed by atoms with E-state index in [2.05, 4.69) is 20.7 Å². The van der Waals surface area contributed by atoms with Gasteiger partial charge in [0.25, 0.3) is 0 Å². The minimum Gasteiger partial charge on any atom is -0.316 e. The molecule has 1 aliphatic heterocycles. The van der Waals surface area contributed by atoms with Crippen LogP contribution in [-0.4, -0.2) is 33.3 Å². The van der Waals surface area contributed by atoms with Crippen LogP contribution in [0.5, 0.6) is 0 Å². The normalized spacial score (nSPS) is 19.8. The summed E-state index contributed by atoms with van der Waals surface area (Å²) in [5.74, 6) is 0.0598. The first-order valence-corrected chi connectivity index (χ1v) is 7.95. The number of nitrogens with one attached hydrogen (secondary N) is 1. The Morgan fingerprint density at radius 2 is 2.13 bits per heavy atom. The van der Waals surface area contributed by atoms with Gasteiger partial charge in [0.05, 0.1) is 0 Å². The number of tetrazole rings is 1. The molecule has 6 heteroatoms. The zero-order valence-corrected chi connectivity index (χ0v) is 12.7. The van der Waals surface area contributed by atoms with Crippen LogP contribution in [0.1, 0.15) is 24.4 Å². The number of fused-ring (bicyclic) bond motifs is 1. The molecule has 0 aliphatic carbocycles. The number of hydrogen-bond donors (Lipinski definition) is 1. The van der Waals surface area contributed by atoms with Crippen LogP contribution in [0.2, 0.25) is 0 Å². The molecule has 1 fully saturated rings. The van der Waals surface area contributed by atoms with Gasteiger partial charge in [-0.05, 0) is 35.9 Å². The highest BCUT2D eigenvalue weighted by Crippen LogP contribution is 2.34. The quantitative estimate of drug-likeness (QED) is 0.807. The molecule has 4 rings (SSSR count). The maximum absolute atomic E-state index is 15.2. The van der Waals surface area contributed by atoms with Crippen molar-refractivity contribution in [1.82, 2.24) is 25.5 Å². The van der Waals surface area contributed by atoms with Crippen molar-refractivity contribution in [3.05, 3.63) is 54.1 Å². The lowest BCUT2D eigenvalue weighted by Crippen LogP contribution is -2.36. The number of hydrogen-bond acceptors (Lipinski definition) is 4. The van der Waals surface area contributed by atoms with E-state index >= 15 is 4.39 Å². The van der Waals surface area contributed by atoms with Gasteiger partial charge in [0.2, 0.25) is 0 Å². The van der Waals surface area contributed by atoms with Crippen molar-refractivity contribution in [1.29, 1.82) is 0 Å². The lowest BCUT2D eigenvalue weighted by atomic mass is 9.86. The molecule has 1 saturated heterocycles. The first kappa shape index (κ1) is 14.3. The van der Waals surface area contributed by atoms with Crippen LogP contribution in [0.3, 0.4) is 0 Å². The van der Waals surface area contributed by atoms with Gasteiger partial charge in [0.1, 0.15) is 11.9 Å². The first-order chi connectivity index (χ1) is 11.3. The van der Waals surface area contributed by atoms with E-state index in [1.54, 1.807) is 4.80 Å². The Morgan fingerprint density at radius 3 is 2.91 bits per heavy atom. The number of halogens is 1. The second-order valence-electron chi connectivity index (χ2n) is 6.00. The third-order valence-corrected chi connectivity index (χ3v) is 4.61. The van der Waals surface area contributed by atoms with Gasteiger partial charge in [-0.2, -0.15) is 4.80 Å². The standard InChI is InChI=1S/C17H18FN5/c18-16-14-6-2-1-4-12(14)7-8-15(16)17(23-21-11-20-22-23)13-5-3-9-19-10-13/h1-2,4,6-8,11,13,17,19H,3,5,9-10H2/t13?,17-/m1/s1. The minimum absolute atomic E-state index is 0.184. The van der Waals surface area contributed by atoms with E-state index in [4.69, 9.17) is 0 Å². The van der Waals surface area contributed by atoms with E-state index in [0.717, 1.165) is 31.3 Å². The fourth-order valence-corrected chi connectivity index (χ4v) is 3.50. The van der Waals surface area contributed by atoms with Crippen LogP contribution >= 0.6 is 0 Å². The van der Waals surface area contributed by atoms with Crippen LogP contribution in [0.15, 0.2) is 42.7 Å². The van der Waals surface area contributed by atoms with E-state index in [1.165, 1.54) is 6.33 Å². The highest BCUT2D eigenvalue weighted by Gasteiger charge is 2.30. The van der Waals surface area contributed by atoms with Gasteiger partial charge in [0, 0.05) is 17.5 Å². The number of piperidine rings is 1. The summed E-state index contributed by atoms with van der Waals surface area (Å²) in [4.78, 5) is 1.55. The van der Waals surface area contributed by atoms with Gasteiger partial charge >= 0.3 is 0 Å². The first-order valence-electron chi connectivity index (χ1n) is 7.95. The Labute approximate surface area is 133 Å². The zero-order chi connectivity index (χ0) is 15.6. The summed E-state index contributed by atoms with van der Waals surface area (Å²) in [5.41, 5.74) is 0.635. The molecule has 0 saturated carbocycles. The zero-order valence-electron chi connectivity index (χ0n) is 12.7. The van der Waals surface area contributed by atoms with Gasteiger partial charge < -0.3 is 5.32 Å². The summed E-state index contributed by atoms with van der Waals surface area (Å²) >= 11 is 0. The highest BCUT2D eigenvalue weighted by atomic mass is 19.1. The monoisotopic (exact) mass is 311 g/mol. The largest absolute Gasteiger partial charge is 0.316 e. The molecular formula is C17H18FN5. The molecule has 2 aromatic carbocycles. The summed E-state index contributed by atoms with van der Waals surface area (Å²) < 4.78 is 15.2. The number of nitrogens with zero attached hydrogens (tertiary/aromatic N) is 4. The fourth-order valence-electron chi connectivity index (χ4n) is 3.50. The average molecular weight is 311 g/mol. The number of rotatable bonds is 3. The van der Waals surface area contributed by atoms with E-state index < -0.39 is 0 Å². The summed E-state index contributed by atoms with van der Waals surface area (Å²) in [6, 6.07) is 11.1. The molecule has 23 heavy (non-hydrogen) atoms. The third kappa shape index (κ3) is 2.59. The van der Waals surface area contributed by atoms with Gasteiger partial charge in [0.15, 0.2) is 6.33 Å². The summed E-state index contributed by atoms with van der Waals surface area (Å²) in [7, 11) is 0. The molecule has 2 atom stereocenters. The number of aromatic nitrogens is 4. The third-order valence-electron chi connectivity index (χ3n) is 4.61. The Kier molecular flexibility index (Phi) is 3.75. The molecule has 1 N–H and O–H groups in total. The van der Waals surface area contributed by atoms with Crippen molar-refractivity contribution in [3.63, 3.8) is 0 Å². The van der Waals surface area contributed by atoms with Crippen LogP contribution in [0.4, 0.5) is 4.39 Å². The smallest absolute Gasteiger partial charge is 0.162 e. The molecule has 1 aromatic heterocycles. The van der Waals surface area contributed by atoms with Gasteiger partial charge in [-0.25, -0.2) is 4.39 Å². The van der Waals surface area contributed by atoms with Crippen molar-refractivity contribution in [2.24, 2.45) is 5.92 Å². The van der Waals surface area contributed by atoms with Gasteiger partial charge in [-0.1, -0.05) is 36.4 Å². The summed E-state index contributed by atoms with van der Waals surface area (Å²) in [6.45, 7) is 1.84. The summed E-state index contributed by atoms with van der Waals surface area (Å²) in [6.07, 6.45) is 3.50. The van der Waals surface area contributed by atoms with Crippen LogP contribution < -0.4 is 5.32 Å². The number of benzene rings is 2. The Balaban J connectivity index is 1.84. The van der Waals surface area contributed by atoms with Crippen LogP contribution in [0.25, 0.3) is 10.8 Å². The Morgan fingerprint density at radius 1 is 1.22 bits per heavy atom. The molecule has 1 unspecified atom stereocenters. The van der Waals surface area contributed by atoms with Crippen molar-refractivity contribution in [2.75, 3.05) is 13.1 Å². The maximum Gasteiger partial charge on any atom is 0.162 e. The maximum atomic E-state index is 15.2. The molecule has 118 valence electrons. The van der Waals surface area contributed by atoms with E-state index in [0.29, 0.717) is 10.9 Å². The molecular weight excluding hydrogens is 293 g/mol. The van der Waals surface area contributed by atoms with Crippen LogP contribution in [0, 0.1) is 11.7 Å². The molecule has 0 bridgehead atoms. The fraction of sp³-hybridized carbons (Fsp3) is 0.353. The molecule has 2 heterocycles. The van der Waals surface area contributed by atoms with Crippen LogP contribution in [-0.2, 0) is 0 Å². The van der Waals surface area contributed by atoms with E-state index in [9.17, 15) is 0 Å². The Hall–Kier alpha value is -2.34. The SMILES string of the molecule is Fc1c([C@@H](C2CCCNC2)n2ncnn2)ccc2ccccc12. The molecule has 0 spiro atoms. The molecule has 0 radical (unpaired) electrons. The summed E-state index contributed by atoms with van der Waals surface area (Å²) in [5, 5.41) is 17.0. The lowest BCUT2D eigenvalue weighted by molar-refractivity contribution is 0.257. The minimum atomic E-state index is -0.241. The second-order valence-corrected chi connectivity index (χ2v) is 6.00. The van der Waals surface area contributed by atoms with E-state index in [-0.39, 0.29) is 17.8 Å². The highest BCUT2D eigenvalue weighted by molar-refractivity contribution is 5.83. The predicted octanol–water partition coefficient (Wildman–Crippen LogP) is 2.55. The molecule has 1 aliphatic rings. The predicted molar refractivity (Wildman–Crippen MR) is 85.5 cm³/mol. The lowest BCUT2D eigenvalue weighted by Gasteiger charge is -2.30. The topological polar surface area (TPSA) is 55.6 Å². The molecule has 0 amide bonds. The van der Waals surface area contributed by atoms with Crippen molar-refractivity contribution in [3.8, 4) is 0 Å². The average Bonchev–Trinajstić information content (AvgIpc) is 3.13.